The summed E-state index contributed by atoms with van der Waals surface area (Å²) in [6, 6.07) is 11.3. The Morgan fingerprint density at radius 3 is 2.53 bits per heavy atom. The van der Waals surface area contributed by atoms with Crippen molar-refractivity contribution < 1.29 is 8.78 Å². The Hall–Kier alpha value is -1.42. The summed E-state index contributed by atoms with van der Waals surface area (Å²) < 4.78 is 27.7. The normalized spacial score (nSPS) is 10.5. The largest absolute Gasteiger partial charge is 0.367 e. The van der Waals surface area contributed by atoms with Crippen molar-refractivity contribution in [3.05, 3.63) is 64.1 Å². The maximum Gasteiger partial charge on any atom is 0.129 e. The van der Waals surface area contributed by atoms with E-state index in [1.54, 1.807) is 18.2 Å². The van der Waals surface area contributed by atoms with Gasteiger partial charge in [0.15, 0.2) is 0 Å². The smallest absolute Gasteiger partial charge is 0.129 e. The lowest BCUT2D eigenvalue weighted by molar-refractivity contribution is 0.603. The van der Waals surface area contributed by atoms with Crippen LogP contribution in [0.5, 0.6) is 0 Å². The van der Waals surface area contributed by atoms with E-state index in [1.165, 1.54) is 18.2 Å². The van der Waals surface area contributed by atoms with Crippen LogP contribution in [0.15, 0.2) is 46.9 Å². The standard InChI is InChI=1S/C15H14BrF2N/c1-2-19(14-5-3-4-13(17)9-14)10-11-6-7-12(16)8-15(11)18/h3-9H,2,10H2,1H3. The van der Waals surface area contributed by atoms with Gasteiger partial charge in [0, 0.05) is 28.8 Å². The Labute approximate surface area is 120 Å². The van der Waals surface area contributed by atoms with Gasteiger partial charge in [-0.2, -0.15) is 0 Å². The third kappa shape index (κ3) is 3.53. The molecule has 0 spiro atoms. The zero-order valence-electron chi connectivity index (χ0n) is 10.5. The minimum Gasteiger partial charge on any atom is -0.367 e. The molecule has 0 N–H and O–H groups in total. The molecule has 19 heavy (non-hydrogen) atoms. The summed E-state index contributed by atoms with van der Waals surface area (Å²) >= 11 is 3.23. The Bertz CT molecular complexity index is 572. The SMILES string of the molecule is CCN(Cc1ccc(Br)cc1F)c1cccc(F)c1. The predicted octanol–water partition coefficient (Wildman–Crippen LogP) is 4.75. The molecule has 0 fully saturated rings. The highest BCUT2D eigenvalue weighted by molar-refractivity contribution is 9.10. The quantitative estimate of drug-likeness (QED) is 0.783. The number of anilines is 1. The maximum atomic E-state index is 13.8. The molecule has 0 atom stereocenters. The second-order valence-corrected chi connectivity index (χ2v) is 5.15. The third-order valence-corrected chi connectivity index (χ3v) is 3.42. The molecule has 0 saturated carbocycles. The monoisotopic (exact) mass is 325 g/mol. The van der Waals surface area contributed by atoms with Crippen molar-refractivity contribution in [1.82, 2.24) is 0 Å². The highest BCUT2D eigenvalue weighted by atomic mass is 79.9. The highest BCUT2D eigenvalue weighted by Gasteiger charge is 2.09. The van der Waals surface area contributed by atoms with Crippen LogP contribution in [-0.2, 0) is 6.54 Å². The number of hydrogen-bond donors (Lipinski definition) is 0. The Kier molecular flexibility index (Phi) is 4.53. The molecule has 0 heterocycles. The number of nitrogens with zero attached hydrogens (tertiary/aromatic N) is 1. The van der Waals surface area contributed by atoms with Crippen molar-refractivity contribution in [2.75, 3.05) is 11.4 Å². The summed E-state index contributed by atoms with van der Waals surface area (Å²) in [5.74, 6) is -0.545. The number of hydrogen-bond acceptors (Lipinski definition) is 1. The molecule has 4 heteroatoms. The van der Waals surface area contributed by atoms with Gasteiger partial charge in [-0.15, -0.1) is 0 Å². The van der Waals surface area contributed by atoms with Gasteiger partial charge >= 0.3 is 0 Å². The Morgan fingerprint density at radius 1 is 1.11 bits per heavy atom. The summed E-state index contributed by atoms with van der Waals surface area (Å²) in [4.78, 5) is 1.93. The molecular weight excluding hydrogens is 312 g/mol. The zero-order chi connectivity index (χ0) is 13.8. The molecule has 0 aromatic heterocycles. The van der Waals surface area contributed by atoms with Gasteiger partial charge in [-0.05, 0) is 37.3 Å². The molecular formula is C15H14BrF2N. The molecule has 0 aliphatic carbocycles. The summed E-state index contributed by atoms with van der Waals surface area (Å²) in [5.41, 5.74) is 1.35. The summed E-state index contributed by atoms with van der Waals surface area (Å²) in [6.45, 7) is 3.06. The molecule has 2 rings (SSSR count). The van der Waals surface area contributed by atoms with Crippen LogP contribution in [0, 0.1) is 11.6 Å². The second-order valence-electron chi connectivity index (χ2n) is 4.23. The van der Waals surface area contributed by atoms with Crippen LogP contribution in [-0.4, -0.2) is 6.54 Å². The maximum absolute atomic E-state index is 13.8. The predicted molar refractivity (Wildman–Crippen MR) is 77.2 cm³/mol. The highest BCUT2D eigenvalue weighted by Crippen LogP contribution is 2.21. The van der Waals surface area contributed by atoms with Crippen molar-refractivity contribution >= 4 is 21.6 Å². The molecule has 0 aliphatic rings. The van der Waals surface area contributed by atoms with Crippen LogP contribution in [0.25, 0.3) is 0 Å². The lowest BCUT2D eigenvalue weighted by Gasteiger charge is -2.23. The van der Waals surface area contributed by atoms with E-state index in [1.807, 2.05) is 17.9 Å². The lowest BCUT2D eigenvalue weighted by atomic mass is 10.2. The first-order valence-corrected chi connectivity index (χ1v) is 6.84. The van der Waals surface area contributed by atoms with E-state index in [2.05, 4.69) is 15.9 Å². The lowest BCUT2D eigenvalue weighted by Crippen LogP contribution is -2.22. The van der Waals surface area contributed by atoms with Gasteiger partial charge < -0.3 is 4.90 Å². The summed E-state index contributed by atoms with van der Waals surface area (Å²) in [7, 11) is 0. The molecule has 2 aromatic carbocycles. The van der Waals surface area contributed by atoms with Gasteiger partial charge in [-0.1, -0.05) is 28.1 Å². The van der Waals surface area contributed by atoms with Gasteiger partial charge in [0.2, 0.25) is 0 Å². The second kappa shape index (κ2) is 6.15. The summed E-state index contributed by atoms with van der Waals surface area (Å²) in [5, 5.41) is 0. The fourth-order valence-electron chi connectivity index (χ4n) is 1.91. The van der Waals surface area contributed by atoms with Gasteiger partial charge in [-0.25, -0.2) is 8.78 Å². The van der Waals surface area contributed by atoms with Crippen LogP contribution in [0.1, 0.15) is 12.5 Å². The third-order valence-electron chi connectivity index (χ3n) is 2.93. The topological polar surface area (TPSA) is 3.24 Å². The van der Waals surface area contributed by atoms with E-state index in [4.69, 9.17) is 0 Å². The van der Waals surface area contributed by atoms with Crippen LogP contribution >= 0.6 is 15.9 Å². The average Bonchev–Trinajstić information content (AvgIpc) is 2.38. The first kappa shape index (κ1) is 14.0. The zero-order valence-corrected chi connectivity index (χ0v) is 12.1. The summed E-state index contributed by atoms with van der Waals surface area (Å²) in [6.07, 6.45) is 0. The molecule has 0 amide bonds. The Morgan fingerprint density at radius 2 is 1.89 bits per heavy atom. The first-order chi connectivity index (χ1) is 9.10. The van der Waals surface area contributed by atoms with E-state index >= 15 is 0 Å². The van der Waals surface area contributed by atoms with E-state index in [-0.39, 0.29) is 11.6 Å². The van der Waals surface area contributed by atoms with Gasteiger partial charge in [-0.3, -0.25) is 0 Å². The molecule has 0 bridgehead atoms. The van der Waals surface area contributed by atoms with Crippen molar-refractivity contribution in [3.8, 4) is 0 Å². The molecule has 2 aromatic rings. The number of rotatable bonds is 4. The van der Waals surface area contributed by atoms with Gasteiger partial charge in [0.25, 0.3) is 0 Å². The van der Waals surface area contributed by atoms with E-state index < -0.39 is 0 Å². The van der Waals surface area contributed by atoms with Gasteiger partial charge in [0.1, 0.15) is 11.6 Å². The Balaban J connectivity index is 2.24. The number of benzene rings is 2. The molecule has 0 saturated heterocycles. The number of halogens is 3. The molecule has 0 unspecified atom stereocenters. The van der Waals surface area contributed by atoms with Crippen LogP contribution < -0.4 is 4.90 Å². The molecule has 0 aliphatic heterocycles. The van der Waals surface area contributed by atoms with Crippen LogP contribution in [0.2, 0.25) is 0 Å². The minimum atomic E-state index is -0.285. The fourth-order valence-corrected chi connectivity index (χ4v) is 2.25. The van der Waals surface area contributed by atoms with E-state index in [0.29, 0.717) is 23.1 Å². The fraction of sp³-hybridized carbons (Fsp3) is 0.200. The van der Waals surface area contributed by atoms with Crippen LogP contribution in [0.4, 0.5) is 14.5 Å². The van der Waals surface area contributed by atoms with Crippen molar-refractivity contribution in [1.29, 1.82) is 0 Å². The van der Waals surface area contributed by atoms with Crippen molar-refractivity contribution in [2.24, 2.45) is 0 Å². The van der Waals surface area contributed by atoms with Crippen molar-refractivity contribution in [2.45, 2.75) is 13.5 Å². The molecule has 100 valence electrons. The van der Waals surface area contributed by atoms with E-state index in [0.717, 1.165) is 5.69 Å². The molecule has 0 radical (unpaired) electrons. The average molecular weight is 326 g/mol. The first-order valence-electron chi connectivity index (χ1n) is 6.04. The van der Waals surface area contributed by atoms with Gasteiger partial charge in [0.05, 0.1) is 0 Å². The minimum absolute atomic E-state index is 0.260. The van der Waals surface area contributed by atoms with Crippen molar-refractivity contribution in [3.63, 3.8) is 0 Å². The molecule has 1 nitrogen and oxygen atoms in total. The van der Waals surface area contributed by atoms with E-state index in [9.17, 15) is 8.78 Å². The van der Waals surface area contributed by atoms with Crippen LogP contribution in [0.3, 0.4) is 0 Å².